The molecule has 2 unspecified atom stereocenters. The van der Waals surface area contributed by atoms with E-state index in [0.29, 0.717) is 6.04 Å². The highest BCUT2D eigenvalue weighted by Crippen LogP contribution is 2.32. The number of piperidine rings is 1. The number of ether oxygens (including phenoxy) is 1. The smallest absolute Gasteiger partial charge is 0.123 e. The number of hydrogen-bond acceptors (Lipinski definition) is 2. The Bertz CT molecular complexity index is 354. The van der Waals surface area contributed by atoms with Crippen LogP contribution in [-0.2, 0) is 0 Å². The molecule has 1 saturated heterocycles. The van der Waals surface area contributed by atoms with Gasteiger partial charge in [-0.05, 0) is 38.3 Å². The molecule has 1 aliphatic rings. The zero-order chi connectivity index (χ0) is 11.5. The second-order valence-corrected chi connectivity index (χ2v) is 4.89. The molecule has 1 aromatic rings. The molecule has 1 N–H and O–H groups in total. The van der Waals surface area contributed by atoms with Crippen molar-refractivity contribution in [3.05, 3.63) is 29.3 Å². The third-order valence-corrected chi connectivity index (χ3v) is 3.42. The van der Waals surface area contributed by atoms with Crippen LogP contribution in [-0.4, -0.2) is 13.7 Å². The van der Waals surface area contributed by atoms with Gasteiger partial charge in [-0.15, -0.1) is 0 Å². The van der Waals surface area contributed by atoms with Gasteiger partial charge in [0.15, 0.2) is 0 Å². The number of methoxy groups -OCH3 is 1. The highest BCUT2D eigenvalue weighted by Gasteiger charge is 2.21. The quantitative estimate of drug-likeness (QED) is 0.825. The van der Waals surface area contributed by atoms with Gasteiger partial charge in [0.05, 0.1) is 7.11 Å². The molecule has 2 rings (SSSR count). The van der Waals surface area contributed by atoms with Gasteiger partial charge in [-0.3, -0.25) is 0 Å². The largest absolute Gasteiger partial charge is 0.496 e. The van der Waals surface area contributed by atoms with Crippen LogP contribution in [0.5, 0.6) is 5.75 Å². The van der Waals surface area contributed by atoms with Crippen LogP contribution in [0.15, 0.2) is 18.2 Å². The molecule has 0 bridgehead atoms. The zero-order valence-electron chi connectivity index (χ0n) is 10.4. The molecule has 1 fully saturated rings. The Morgan fingerprint density at radius 1 is 1.31 bits per heavy atom. The number of hydrogen-bond donors (Lipinski definition) is 1. The monoisotopic (exact) mass is 219 g/mol. The van der Waals surface area contributed by atoms with Crippen LogP contribution in [0.4, 0.5) is 0 Å². The number of benzene rings is 1. The summed E-state index contributed by atoms with van der Waals surface area (Å²) >= 11 is 0. The van der Waals surface area contributed by atoms with E-state index in [1.165, 1.54) is 24.0 Å². The summed E-state index contributed by atoms with van der Waals surface area (Å²) in [7, 11) is 1.75. The van der Waals surface area contributed by atoms with E-state index in [1.807, 2.05) is 0 Å². The first-order chi connectivity index (χ1) is 7.70. The Hall–Kier alpha value is -1.02. The fourth-order valence-electron chi connectivity index (χ4n) is 2.39. The molecule has 0 spiro atoms. The summed E-state index contributed by atoms with van der Waals surface area (Å²) in [5, 5.41) is 3.61. The first kappa shape index (κ1) is 11.5. The van der Waals surface area contributed by atoms with Crippen molar-refractivity contribution in [1.82, 2.24) is 5.32 Å². The lowest BCUT2D eigenvalue weighted by Crippen LogP contribution is -2.32. The summed E-state index contributed by atoms with van der Waals surface area (Å²) in [4.78, 5) is 0. The minimum absolute atomic E-state index is 0.464. The molecule has 2 heteroatoms. The molecule has 16 heavy (non-hydrogen) atoms. The Balaban J connectivity index is 2.21. The van der Waals surface area contributed by atoms with Gasteiger partial charge in [-0.2, -0.15) is 0 Å². The van der Waals surface area contributed by atoms with Gasteiger partial charge in [0.25, 0.3) is 0 Å². The van der Waals surface area contributed by atoms with Crippen molar-refractivity contribution in [2.45, 2.75) is 32.7 Å². The normalized spacial score (nSPS) is 25.4. The van der Waals surface area contributed by atoms with E-state index in [2.05, 4.69) is 37.4 Å². The summed E-state index contributed by atoms with van der Waals surface area (Å²) in [5.41, 5.74) is 2.62. The lowest BCUT2D eigenvalue weighted by Gasteiger charge is -2.29. The average molecular weight is 219 g/mol. The number of rotatable bonds is 2. The van der Waals surface area contributed by atoms with Crippen LogP contribution in [0.3, 0.4) is 0 Å². The maximum atomic E-state index is 5.44. The van der Waals surface area contributed by atoms with Crippen LogP contribution in [0.25, 0.3) is 0 Å². The van der Waals surface area contributed by atoms with E-state index in [9.17, 15) is 0 Å². The third-order valence-electron chi connectivity index (χ3n) is 3.42. The van der Waals surface area contributed by atoms with Crippen molar-refractivity contribution < 1.29 is 4.74 Å². The number of nitrogens with one attached hydrogen (secondary N) is 1. The van der Waals surface area contributed by atoms with Crippen LogP contribution in [0.1, 0.15) is 36.9 Å². The molecule has 1 aromatic carbocycles. The van der Waals surface area contributed by atoms with E-state index in [1.54, 1.807) is 7.11 Å². The van der Waals surface area contributed by atoms with E-state index >= 15 is 0 Å². The molecule has 88 valence electrons. The Morgan fingerprint density at radius 3 is 2.75 bits per heavy atom. The van der Waals surface area contributed by atoms with Crippen LogP contribution < -0.4 is 10.1 Å². The fourth-order valence-corrected chi connectivity index (χ4v) is 2.39. The van der Waals surface area contributed by atoms with E-state index in [-0.39, 0.29) is 0 Å². The molecule has 0 aliphatic carbocycles. The number of aryl methyl sites for hydroxylation is 1. The molecule has 1 aliphatic heterocycles. The molecule has 0 radical (unpaired) electrons. The second kappa shape index (κ2) is 4.88. The topological polar surface area (TPSA) is 21.3 Å². The molecular weight excluding hydrogens is 198 g/mol. The fraction of sp³-hybridized carbons (Fsp3) is 0.571. The highest BCUT2D eigenvalue weighted by atomic mass is 16.5. The predicted molar refractivity (Wildman–Crippen MR) is 66.9 cm³/mol. The first-order valence-corrected chi connectivity index (χ1v) is 6.08. The van der Waals surface area contributed by atoms with Gasteiger partial charge in [-0.25, -0.2) is 0 Å². The lowest BCUT2D eigenvalue weighted by molar-refractivity contribution is 0.322. The minimum atomic E-state index is 0.464. The summed E-state index contributed by atoms with van der Waals surface area (Å²) < 4.78 is 5.44. The third kappa shape index (κ3) is 2.38. The lowest BCUT2D eigenvalue weighted by atomic mass is 9.91. The van der Waals surface area contributed by atoms with E-state index in [4.69, 9.17) is 4.74 Å². The maximum Gasteiger partial charge on any atom is 0.123 e. The van der Waals surface area contributed by atoms with Gasteiger partial charge in [0.2, 0.25) is 0 Å². The SMILES string of the molecule is COc1ccc(C)cc1C1CCC(C)CN1. The minimum Gasteiger partial charge on any atom is -0.496 e. The Morgan fingerprint density at radius 2 is 2.12 bits per heavy atom. The highest BCUT2D eigenvalue weighted by molar-refractivity contribution is 5.39. The second-order valence-electron chi connectivity index (χ2n) is 4.89. The molecule has 0 amide bonds. The molecule has 0 saturated carbocycles. The van der Waals surface area contributed by atoms with Crippen molar-refractivity contribution in [2.24, 2.45) is 5.92 Å². The van der Waals surface area contributed by atoms with E-state index in [0.717, 1.165) is 18.2 Å². The average Bonchev–Trinajstić information content (AvgIpc) is 2.30. The van der Waals surface area contributed by atoms with Crippen molar-refractivity contribution in [1.29, 1.82) is 0 Å². The van der Waals surface area contributed by atoms with Gasteiger partial charge in [-0.1, -0.05) is 24.6 Å². The summed E-state index contributed by atoms with van der Waals surface area (Å²) in [6.45, 7) is 5.55. The van der Waals surface area contributed by atoms with Crippen LogP contribution >= 0.6 is 0 Å². The van der Waals surface area contributed by atoms with Crippen molar-refractivity contribution >= 4 is 0 Å². The molecule has 0 aromatic heterocycles. The van der Waals surface area contributed by atoms with Gasteiger partial charge in [0, 0.05) is 11.6 Å². The predicted octanol–water partition coefficient (Wildman–Crippen LogP) is 3.06. The van der Waals surface area contributed by atoms with E-state index < -0.39 is 0 Å². The maximum absolute atomic E-state index is 5.44. The zero-order valence-corrected chi connectivity index (χ0v) is 10.4. The Kier molecular flexibility index (Phi) is 3.49. The molecule has 2 atom stereocenters. The summed E-state index contributed by atoms with van der Waals surface area (Å²) in [5.74, 6) is 1.81. The first-order valence-electron chi connectivity index (χ1n) is 6.08. The molecular formula is C14H21NO. The van der Waals surface area contributed by atoms with Gasteiger partial charge < -0.3 is 10.1 Å². The van der Waals surface area contributed by atoms with Crippen LogP contribution in [0.2, 0.25) is 0 Å². The van der Waals surface area contributed by atoms with Crippen molar-refractivity contribution in [3.63, 3.8) is 0 Å². The summed E-state index contributed by atoms with van der Waals surface area (Å²) in [6.07, 6.45) is 2.51. The van der Waals surface area contributed by atoms with Crippen molar-refractivity contribution in [3.8, 4) is 5.75 Å². The van der Waals surface area contributed by atoms with Crippen LogP contribution in [0, 0.1) is 12.8 Å². The summed E-state index contributed by atoms with van der Waals surface area (Å²) in [6, 6.07) is 6.89. The standard InChI is InChI=1S/C14H21NO/c1-10-5-7-14(16-3)12(8-10)13-6-4-11(2)9-15-13/h5,7-8,11,13,15H,4,6,9H2,1-3H3. The van der Waals surface area contributed by atoms with Gasteiger partial charge in [0.1, 0.15) is 5.75 Å². The van der Waals surface area contributed by atoms with Crippen molar-refractivity contribution in [2.75, 3.05) is 13.7 Å². The van der Waals surface area contributed by atoms with Gasteiger partial charge >= 0.3 is 0 Å². The molecule has 2 nitrogen and oxygen atoms in total. The molecule has 1 heterocycles. The Labute approximate surface area is 98.0 Å².